The molecule has 0 aliphatic carbocycles. The van der Waals surface area contributed by atoms with Crippen molar-refractivity contribution < 1.29 is 19.0 Å². The van der Waals surface area contributed by atoms with Crippen molar-refractivity contribution in [1.29, 1.82) is 0 Å². The van der Waals surface area contributed by atoms with E-state index in [-0.39, 0.29) is 5.91 Å². The molecule has 0 bridgehead atoms. The van der Waals surface area contributed by atoms with E-state index in [1.165, 1.54) is 5.56 Å². The quantitative estimate of drug-likeness (QED) is 0.622. The van der Waals surface area contributed by atoms with Gasteiger partial charge in [0.1, 0.15) is 5.75 Å². The molecule has 2 aromatic carbocycles. The maximum absolute atomic E-state index is 12.5. The van der Waals surface area contributed by atoms with Crippen molar-refractivity contribution in [3.05, 3.63) is 53.1 Å². The molecule has 0 aliphatic heterocycles. The van der Waals surface area contributed by atoms with E-state index in [4.69, 9.17) is 14.2 Å². The Hall–Kier alpha value is -2.69. The molecule has 0 aromatic heterocycles. The van der Waals surface area contributed by atoms with Crippen LogP contribution >= 0.6 is 0 Å². The van der Waals surface area contributed by atoms with Crippen LogP contribution in [0.25, 0.3) is 0 Å². The number of ether oxygens (including phenoxy) is 3. The lowest BCUT2D eigenvalue weighted by atomic mass is 10.1. The first kappa shape index (κ1) is 21.6. The van der Waals surface area contributed by atoms with Gasteiger partial charge in [0.25, 0.3) is 5.91 Å². The fourth-order valence-corrected chi connectivity index (χ4v) is 2.93. The van der Waals surface area contributed by atoms with E-state index in [2.05, 4.69) is 12.2 Å². The summed E-state index contributed by atoms with van der Waals surface area (Å²) in [6.45, 7) is 6.65. The fraction of sp³-hybridized carbons (Fsp3) is 0.435. The normalized spacial score (nSPS) is 11.6. The predicted octanol–water partition coefficient (Wildman–Crippen LogP) is 4.23. The molecule has 5 nitrogen and oxygen atoms in total. The molecule has 0 radical (unpaired) electrons. The van der Waals surface area contributed by atoms with E-state index >= 15 is 0 Å². The van der Waals surface area contributed by atoms with Crippen LogP contribution in [0.5, 0.6) is 17.2 Å². The molecule has 0 fully saturated rings. The molecule has 0 aliphatic rings. The Balaban J connectivity index is 1.82. The third-order valence-electron chi connectivity index (χ3n) is 4.81. The summed E-state index contributed by atoms with van der Waals surface area (Å²) in [5, 5.41) is 2.98. The molecule has 5 heteroatoms. The second kappa shape index (κ2) is 10.6. The monoisotopic (exact) mass is 385 g/mol. The van der Waals surface area contributed by atoms with Gasteiger partial charge in [-0.1, -0.05) is 19.1 Å². The zero-order valence-corrected chi connectivity index (χ0v) is 17.5. The van der Waals surface area contributed by atoms with Crippen LogP contribution in [0.15, 0.2) is 36.4 Å². The summed E-state index contributed by atoms with van der Waals surface area (Å²) < 4.78 is 16.5. The highest BCUT2D eigenvalue weighted by Crippen LogP contribution is 2.27. The predicted molar refractivity (Wildman–Crippen MR) is 111 cm³/mol. The highest BCUT2D eigenvalue weighted by molar-refractivity contribution is 5.81. The van der Waals surface area contributed by atoms with Crippen molar-refractivity contribution in [3.63, 3.8) is 0 Å². The SMILES string of the molecule is CC[C@@H](Oc1ccc(C)c(C)c1)C(=O)NCCCc1ccc(OC)c(OC)c1. The third kappa shape index (κ3) is 5.91. The van der Waals surface area contributed by atoms with Gasteiger partial charge in [-0.25, -0.2) is 0 Å². The second-order valence-electron chi connectivity index (χ2n) is 6.84. The van der Waals surface area contributed by atoms with Crippen LogP contribution in [-0.2, 0) is 11.2 Å². The van der Waals surface area contributed by atoms with E-state index in [1.54, 1.807) is 14.2 Å². The molecule has 0 saturated carbocycles. The van der Waals surface area contributed by atoms with Crippen molar-refractivity contribution in [2.24, 2.45) is 0 Å². The molecule has 1 amide bonds. The number of hydrogen-bond donors (Lipinski definition) is 1. The number of benzene rings is 2. The first-order valence-electron chi connectivity index (χ1n) is 9.71. The van der Waals surface area contributed by atoms with Crippen molar-refractivity contribution in [2.45, 2.75) is 46.1 Å². The summed E-state index contributed by atoms with van der Waals surface area (Å²) in [6, 6.07) is 11.8. The minimum atomic E-state index is -0.483. The van der Waals surface area contributed by atoms with Gasteiger partial charge in [-0.05, 0) is 74.1 Å². The van der Waals surface area contributed by atoms with Crippen molar-refractivity contribution in [3.8, 4) is 17.2 Å². The van der Waals surface area contributed by atoms with Gasteiger partial charge < -0.3 is 19.5 Å². The van der Waals surface area contributed by atoms with Crippen LogP contribution < -0.4 is 19.5 Å². The third-order valence-corrected chi connectivity index (χ3v) is 4.81. The van der Waals surface area contributed by atoms with Gasteiger partial charge in [0.15, 0.2) is 17.6 Å². The maximum Gasteiger partial charge on any atom is 0.261 e. The van der Waals surface area contributed by atoms with Crippen LogP contribution in [0.1, 0.15) is 36.5 Å². The Kier molecular flexibility index (Phi) is 8.18. The maximum atomic E-state index is 12.5. The number of nitrogens with one attached hydrogen (secondary N) is 1. The summed E-state index contributed by atoms with van der Waals surface area (Å²) in [4.78, 5) is 12.5. The molecule has 0 unspecified atom stereocenters. The van der Waals surface area contributed by atoms with E-state index in [0.29, 0.717) is 18.7 Å². The van der Waals surface area contributed by atoms with Gasteiger partial charge in [0.05, 0.1) is 14.2 Å². The number of carbonyl (C=O) groups is 1. The Labute approximate surface area is 168 Å². The Bertz CT molecular complexity index is 788. The van der Waals surface area contributed by atoms with Crippen LogP contribution in [0.3, 0.4) is 0 Å². The summed E-state index contributed by atoms with van der Waals surface area (Å²) in [6.07, 6.45) is 1.81. The smallest absolute Gasteiger partial charge is 0.261 e. The molecule has 0 heterocycles. The molecule has 28 heavy (non-hydrogen) atoms. The summed E-state index contributed by atoms with van der Waals surface area (Å²) in [5.74, 6) is 2.09. The van der Waals surface area contributed by atoms with Crippen LogP contribution in [0.4, 0.5) is 0 Å². The average Bonchev–Trinajstić information content (AvgIpc) is 2.71. The standard InChI is InChI=1S/C23H31NO4/c1-6-20(28-19-11-9-16(2)17(3)14-19)23(25)24-13-7-8-18-10-12-21(26-4)22(15-18)27-5/h9-12,14-15,20H,6-8,13H2,1-5H3,(H,24,25)/t20-/m1/s1. The highest BCUT2D eigenvalue weighted by Gasteiger charge is 2.18. The molecule has 1 atom stereocenters. The van der Waals surface area contributed by atoms with Gasteiger partial charge in [-0.15, -0.1) is 0 Å². The first-order valence-corrected chi connectivity index (χ1v) is 9.71. The van der Waals surface area contributed by atoms with E-state index in [0.717, 1.165) is 35.5 Å². The summed E-state index contributed by atoms with van der Waals surface area (Å²) in [5.41, 5.74) is 3.51. The van der Waals surface area contributed by atoms with Crippen LogP contribution in [0.2, 0.25) is 0 Å². The van der Waals surface area contributed by atoms with Gasteiger partial charge >= 0.3 is 0 Å². The second-order valence-corrected chi connectivity index (χ2v) is 6.84. The number of hydrogen-bond acceptors (Lipinski definition) is 4. The molecule has 0 saturated heterocycles. The Morgan fingerprint density at radius 2 is 1.75 bits per heavy atom. The van der Waals surface area contributed by atoms with Crippen LogP contribution in [0, 0.1) is 13.8 Å². The van der Waals surface area contributed by atoms with E-state index in [9.17, 15) is 4.79 Å². The largest absolute Gasteiger partial charge is 0.493 e. The van der Waals surface area contributed by atoms with E-state index in [1.807, 2.05) is 50.2 Å². The molecule has 2 aromatic rings. The van der Waals surface area contributed by atoms with Crippen molar-refractivity contribution >= 4 is 5.91 Å². The minimum absolute atomic E-state index is 0.0759. The number of aryl methyl sites for hydroxylation is 3. The summed E-state index contributed by atoms with van der Waals surface area (Å²) in [7, 11) is 3.25. The zero-order chi connectivity index (χ0) is 20.5. The number of carbonyl (C=O) groups excluding carboxylic acids is 1. The first-order chi connectivity index (χ1) is 13.5. The summed E-state index contributed by atoms with van der Waals surface area (Å²) >= 11 is 0. The Morgan fingerprint density at radius 3 is 2.39 bits per heavy atom. The minimum Gasteiger partial charge on any atom is -0.493 e. The average molecular weight is 386 g/mol. The molecule has 1 N–H and O–H groups in total. The lowest BCUT2D eigenvalue weighted by molar-refractivity contribution is -0.128. The topological polar surface area (TPSA) is 56.8 Å². The van der Waals surface area contributed by atoms with Gasteiger partial charge in [-0.3, -0.25) is 4.79 Å². The molecule has 2 rings (SSSR count). The van der Waals surface area contributed by atoms with Gasteiger partial charge in [-0.2, -0.15) is 0 Å². The van der Waals surface area contributed by atoms with Gasteiger partial charge in [0, 0.05) is 6.54 Å². The highest BCUT2D eigenvalue weighted by atomic mass is 16.5. The number of rotatable bonds is 10. The van der Waals surface area contributed by atoms with E-state index < -0.39 is 6.10 Å². The molecule has 0 spiro atoms. The fourth-order valence-electron chi connectivity index (χ4n) is 2.93. The van der Waals surface area contributed by atoms with Gasteiger partial charge in [0.2, 0.25) is 0 Å². The number of methoxy groups -OCH3 is 2. The lowest BCUT2D eigenvalue weighted by Crippen LogP contribution is -2.38. The lowest BCUT2D eigenvalue weighted by Gasteiger charge is -2.18. The molecule has 152 valence electrons. The zero-order valence-electron chi connectivity index (χ0n) is 17.5. The number of amides is 1. The van der Waals surface area contributed by atoms with Crippen molar-refractivity contribution in [1.82, 2.24) is 5.32 Å². The van der Waals surface area contributed by atoms with Crippen LogP contribution in [-0.4, -0.2) is 32.8 Å². The van der Waals surface area contributed by atoms with Crippen molar-refractivity contribution in [2.75, 3.05) is 20.8 Å². The Morgan fingerprint density at radius 1 is 1.00 bits per heavy atom. The molecular formula is C23H31NO4. The molecular weight excluding hydrogens is 354 g/mol.